The standard InChI is InChI=1S/C26H35N5O4/c1-5-8-20-23-24(30(4)29-20)26(33)28-25(27-23)19-16-18(9-10-21(19)34-6-2)31-13-11-17(12-14-31)15-22(32)35-7-3/h9-10,16-17H,5-8,11-15H2,1-4H3,(H,27,28,33). The van der Waals surface area contributed by atoms with E-state index >= 15 is 0 Å². The lowest BCUT2D eigenvalue weighted by atomic mass is 9.93. The molecule has 1 aliphatic rings. The van der Waals surface area contributed by atoms with Gasteiger partial charge in [-0.05, 0) is 57.2 Å². The molecule has 0 spiro atoms. The topological polar surface area (TPSA) is 102 Å². The summed E-state index contributed by atoms with van der Waals surface area (Å²) in [6.45, 7) is 8.49. The van der Waals surface area contributed by atoms with Crippen LogP contribution in [-0.4, -0.2) is 52.0 Å². The molecular weight excluding hydrogens is 446 g/mol. The van der Waals surface area contributed by atoms with Gasteiger partial charge in [0, 0.05) is 32.2 Å². The average molecular weight is 482 g/mol. The van der Waals surface area contributed by atoms with E-state index in [-0.39, 0.29) is 11.5 Å². The van der Waals surface area contributed by atoms with Crippen LogP contribution in [0.4, 0.5) is 5.69 Å². The predicted molar refractivity (Wildman–Crippen MR) is 136 cm³/mol. The van der Waals surface area contributed by atoms with Crippen molar-refractivity contribution in [2.75, 3.05) is 31.2 Å². The van der Waals surface area contributed by atoms with Gasteiger partial charge in [0.05, 0.1) is 24.5 Å². The minimum atomic E-state index is -0.213. The Bertz CT molecular complexity index is 1240. The van der Waals surface area contributed by atoms with Crippen molar-refractivity contribution in [2.24, 2.45) is 13.0 Å². The molecule has 1 saturated heterocycles. The Morgan fingerprint density at radius 3 is 2.63 bits per heavy atom. The zero-order chi connectivity index (χ0) is 24.9. The Morgan fingerprint density at radius 2 is 1.94 bits per heavy atom. The number of aromatic amines is 1. The first kappa shape index (κ1) is 24.8. The first-order valence-electron chi connectivity index (χ1n) is 12.6. The number of hydrogen-bond donors (Lipinski definition) is 1. The molecule has 0 amide bonds. The number of hydrogen-bond acceptors (Lipinski definition) is 7. The lowest BCUT2D eigenvalue weighted by Crippen LogP contribution is -2.34. The zero-order valence-electron chi connectivity index (χ0n) is 21.1. The van der Waals surface area contributed by atoms with Crippen LogP contribution in [0.15, 0.2) is 23.0 Å². The fourth-order valence-corrected chi connectivity index (χ4v) is 4.81. The first-order valence-corrected chi connectivity index (χ1v) is 12.6. The SMILES string of the molecule is CCCc1nn(C)c2c(=O)[nH]c(-c3cc(N4CCC(CC(=O)OCC)CC4)ccc3OCC)nc12. The number of ether oxygens (including phenoxy) is 2. The van der Waals surface area contributed by atoms with Gasteiger partial charge in [-0.3, -0.25) is 14.3 Å². The fraction of sp³-hybridized carbons (Fsp3) is 0.538. The number of benzene rings is 1. The monoisotopic (exact) mass is 481 g/mol. The Labute approximate surface area is 205 Å². The van der Waals surface area contributed by atoms with Crippen molar-refractivity contribution >= 4 is 22.7 Å². The summed E-state index contributed by atoms with van der Waals surface area (Å²) in [5, 5.41) is 4.53. The van der Waals surface area contributed by atoms with Crippen LogP contribution in [0, 0.1) is 5.92 Å². The van der Waals surface area contributed by atoms with Crippen molar-refractivity contribution in [2.45, 2.75) is 52.9 Å². The highest BCUT2D eigenvalue weighted by molar-refractivity contribution is 5.80. The molecule has 9 nitrogen and oxygen atoms in total. The van der Waals surface area contributed by atoms with Crippen LogP contribution in [0.1, 0.15) is 52.1 Å². The third kappa shape index (κ3) is 5.33. The lowest BCUT2D eigenvalue weighted by molar-refractivity contribution is -0.144. The molecule has 1 aliphatic heterocycles. The molecule has 188 valence electrons. The zero-order valence-corrected chi connectivity index (χ0v) is 21.1. The van der Waals surface area contributed by atoms with E-state index in [0.29, 0.717) is 48.2 Å². The van der Waals surface area contributed by atoms with Gasteiger partial charge in [0.2, 0.25) is 0 Å². The van der Waals surface area contributed by atoms with Crippen molar-refractivity contribution in [3.8, 4) is 17.1 Å². The predicted octanol–water partition coefficient (Wildman–Crippen LogP) is 3.84. The molecule has 1 fully saturated rings. The summed E-state index contributed by atoms with van der Waals surface area (Å²) < 4.78 is 12.6. The van der Waals surface area contributed by atoms with Gasteiger partial charge in [0.1, 0.15) is 17.1 Å². The van der Waals surface area contributed by atoms with E-state index in [2.05, 4.69) is 21.9 Å². The molecule has 4 rings (SSSR count). The lowest BCUT2D eigenvalue weighted by Gasteiger charge is -2.33. The number of carbonyl (C=O) groups is 1. The molecule has 0 radical (unpaired) electrons. The van der Waals surface area contributed by atoms with Crippen LogP contribution in [0.25, 0.3) is 22.4 Å². The quantitative estimate of drug-likeness (QED) is 0.463. The van der Waals surface area contributed by atoms with Crippen LogP contribution in [-0.2, 0) is 23.0 Å². The van der Waals surface area contributed by atoms with Crippen LogP contribution in [0.5, 0.6) is 5.75 Å². The number of aryl methyl sites for hydroxylation is 2. The van der Waals surface area contributed by atoms with Gasteiger partial charge in [-0.2, -0.15) is 5.10 Å². The largest absolute Gasteiger partial charge is 0.493 e. The van der Waals surface area contributed by atoms with Gasteiger partial charge in [-0.15, -0.1) is 0 Å². The van der Waals surface area contributed by atoms with E-state index in [0.717, 1.165) is 55.7 Å². The summed E-state index contributed by atoms with van der Waals surface area (Å²) in [7, 11) is 1.77. The van der Waals surface area contributed by atoms with E-state index in [1.165, 1.54) is 0 Å². The van der Waals surface area contributed by atoms with Gasteiger partial charge in [-0.1, -0.05) is 13.3 Å². The maximum atomic E-state index is 13.0. The molecule has 1 N–H and O–H groups in total. The smallest absolute Gasteiger partial charge is 0.306 e. The average Bonchev–Trinajstić information content (AvgIpc) is 3.16. The Morgan fingerprint density at radius 1 is 1.17 bits per heavy atom. The van der Waals surface area contributed by atoms with Gasteiger partial charge >= 0.3 is 5.97 Å². The number of esters is 1. The number of anilines is 1. The Hall–Kier alpha value is -3.36. The van der Waals surface area contributed by atoms with Gasteiger partial charge in [-0.25, -0.2) is 4.98 Å². The van der Waals surface area contributed by atoms with E-state index in [9.17, 15) is 9.59 Å². The van der Waals surface area contributed by atoms with E-state index < -0.39 is 0 Å². The molecule has 0 aliphatic carbocycles. The minimum absolute atomic E-state index is 0.113. The van der Waals surface area contributed by atoms with Gasteiger partial charge < -0.3 is 19.4 Å². The van der Waals surface area contributed by atoms with Crippen molar-refractivity contribution in [1.82, 2.24) is 19.7 Å². The molecule has 0 bridgehead atoms. The normalized spacial score (nSPS) is 14.5. The van der Waals surface area contributed by atoms with Crippen LogP contribution in [0.2, 0.25) is 0 Å². The first-order chi connectivity index (χ1) is 16.9. The van der Waals surface area contributed by atoms with Crippen molar-refractivity contribution in [3.05, 3.63) is 34.2 Å². The van der Waals surface area contributed by atoms with Crippen LogP contribution >= 0.6 is 0 Å². The summed E-state index contributed by atoms with van der Waals surface area (Å²) in [5.74, 6) is 1.39. The second-order valence-electron chi connectivity index (χ2n) is 8.99. The van der Waals surface area contributed by atoms with Crippen molar-refractivity contribution < 1.29 is 14.3 Å². The van der Waals surface area contributed by atoms with Gasteiger partial charge in [0.25, 0.3) is 5.56 Å². The van der Waals surface area contributed by atoms with Crippen molar-refractivity contribution in [1.29, 1.82) is 0 Å². The third-order valence-electron chi connectivity index (χ3n) is 6.51. The Balaban J connectivity index is 1.65. The Kier molecular flexibility index (Phi) is 7.73. The molecule has 3 aromatic rings. The highest BCUT2D eigenvalue weighted by Crippen LogP contribution is 2.34. The van der Waals surface area contributed by atoms with E-state index in [1.54, 1.807) is 11.7 Å². The number of nitrogens with one attached hydrogen (secondary N) is 1. The maximum Gasteiger partial charge on any atom is 0.306 e. The third-order valence-corrected chi connectivity index (χ3v) is 6.51. The number of rotatable bonds is 9. The van der Waals surface area contributed by atoms with Gasteiger partial charge in [0.15, 0.2) is 5.52 Å². The van der Waals surface area contributed by atoms with Crippen molar-refractivity contribution in [3.63, 3.8) is 0 Å². The second kappa shape index (κ2) is 10.9. The number of piperidine rings is 1. The number of fused-ring (bicyclic) bond motifs is 1. The summed E-state index contributed by atoms with van der Waals surface area (Å²) in [6, 6.07) is 6.03. The van der Waals surface area contributed by atoms with Crippen LogP contribution < -0.4 is 15.2 Å². The van der Waals surface area contributed by atoms with E-state index in [1.807, 2.05) is 32.0 Å². The summed E-state index contributed by atoms with van der Waals surface area (Å²) in [6.07, 6.45) is 4.01. The maximum absolute atomic E-state index is 13.0. The second-order valence-corrected chi connectivity index (χ2v) is 8.99. The summed E-state index contributed by atoms with van der Waals surface area (Å²) in [5.41, 5.74) is 3.53. The highest BCUT2D eigenvalue weighted by Gasteiger charge is 2.24. The number of aromatic nitrogens is 4. The van der Waals surface area contributed by atoms with E-state index in [4.69, 9.17) is 14.5 Å². The summed E-state index contributed by atoms with van der Waals surface area (Å²) >= 11 is 0. The molecule has 35 heavy (non-hydrogen) atoms. The number of H-pyrrole nitrogens is 1. The highest BCUT2D eigenvalue weighted by atomic mass is 16.5. The molecule has 0 saturated carbocycles. The number of carbonyl (C=O) groups excluding carboxylic acids is 1. The minimum Gasteiger partial charge on any atom is -0.493 e. The van der Waals surface area contributed by atoms with Crippen LogP contribution in [0.3, 0.4) is 0 Å². The molecule has 0 unspecified atom stereocenters. The summed E-state index contributed by atoms with van der Waals surface area (Å²) in [4.78, 5) is 35.0. The molecule has 1 aromatic carbocycles. The molecule has 0 atom stereocenters. The number of nitrogens with zero attached hydrogens (tertiary/aromatic N) is 4. The molecular formula is C26H35N5O4. The molecule has 2 aromatic heterocycles. The fourth-order valence-electron chi connectivity index (χ4n) is 4.81. The molecule has 9 heteroatoms. The molecule has 3 heterocycles.